The first-order valence-electron chi connectivity index (χ1n) is 9.18. The molecule has 0 fully saturated rings. The molecule has 0 aliphatic rings. The minimum Gasteiger partial charge on any atom is -0.456 e. The van der Waals surface area contributed by atoms with Crippen LogP contribution in [0.2, 0.25) is 5.02 Å². The molecule has 0 aliphatic heterocycles. The van der Waals surface area contributed by atoms with Crippen molar-refractivity contribution in [1.29, 1.82) is 0 Å². The van der Waals surface area contributed by atoms with Crippen LogP contribution in [-0.4, -0.2) is 30.3 Å². The van der Waals surface area contributed by atoms with E-state index in [1.54, 1.807) is 36.4 Å². The number of nitrogens with one attached hydrogen (secondary N) is 1. The van der Waals surface area contributed by atoms with Crippen molar-refractivity contribution in [3.05, 3.63) is 70.2 Å². The highest BCUT2D eigenvalue weighted by atomic mass is 35.5. The number of ketones is 1. The number of hydrogen-bond acceptors (Lipinski definition) is 4. The maximum Gasteiger partial charge on any atom is 0.328 e. The molecule has 148 valence electrons. The van der Waals surface area contributed by atoms with Crippen molar-refractivity contribution in [1.82, 2.24) is 5.32 Å². The topological polar surface area (TPSA) is 72.5 Å². The van der Waals surface area contributed by atoms with E-state index in [1.807, 2.05) is 12.1 Å². The third kappa shape index (κ3) is 5.67. The highest BCUT2D eigenvalue weighted by molar-refractivity contribution is 6.33. The van der Waals surface area contributed by atoms with E-state index in [9.17, 15) is 14.4 Å². The predicted molar refractivity (Wildman–Crippen MR) is 109 cm³/mol. The molecule has 0 saturated carbocycles. The summed E-state index contributed by atoms with van der Waals surface area (Å²) < 4.78 is 5.05. The second-order valence-corrected chi connectivity index (χ2v) is 7.04. The number of esters is 1. The lowest BCUT2D eigenvalue weighted by atomic mass is 9.97. The van der Waals surface area contributed by atoms with E-state index in [0.29, 0.717) is 11.5 Å². The van der Waals surface area contributed by atoms with Gasteiger partial charge in [0.05, 0.1) is 10.6 Å². The van der Waals surface area contributed by atoms with E-state index >= 15 is 0 Å². The van der Waals surface area contributed by atoms with Crippen LogP contribution in [0, 0.1) is 0 Å². The quantitative estimate of drug-likeness (QED) is 0.525. The summed E-state index contributed by atoms with van der Waals surface area (Å²) in [4.78, 5) is 36.5. The molecule has 0 unspecified atom stereocenters. The van der Waals surface area contributed by atoms with Gasteiger partial charge in [-0.3, -0.25) is 9.59 Å². The first-order valence-corrected chi connectivity index (χ1v) is 9.56. The molecule has 1 N–H and O–H groups in total. The Labute approximate surface area is 170 Å². The molecule has 6 heteroatoms. The zero-order chi connectivity index (χ0) is 20.7. The SMILES string of the molecule is CC[C@@H](C)c1ccc(C(=O)COC(=O)[C@H](C)NC(=O)c2ccccc2Cl)cc1. The van der Waals surface area contributed by atoms with Crippen molar-refractivity contribution < 1.29 is 19.1 Å². The van der Waals surface area contributed by atoms with Gasteiger partial charge >= 0.3 is 5.97 Å². The molecule has 0 aliphatic carbocycles. The number of rotatable bonds is 8. The van der Waals surface area contributed by atoms with Crippen molar-refractivity contribution in [2.24, 2.45) is 0 Å². The smallest absolute Gasteiger partial charge is 0.328 e. The van der Waals surface area contributed by atoms with Crippen LogP contribution >= 0.6 is 11.6 Å². The summed E-state index contributed by atoms with van der Waals surface area (Å²) in [6.07, 6.45) is 1.02. The molecular weight excluding hydrogens is 378 g/mol. The summed E-state index contributed by atoms with van der Waals surface area (Å²) in [5, 5.41) is 2.81. The Bertz CT molecular complexity index is 848. The fraction of sp³-hybridized carbons (Fsp3) is 0.318. The largest absolute Gasteiger partial charge is 0.456 e. The lowest BCUT2D eigenvalue weighted by molar-refractivity contribution is -0.144. The van der Waals surface area contributed by atoms with Crippen molar-refractivity contribution >= 4 is 29.3 Å². The number of amides is 1. The van der Waals surface area contributed by atoms with Crippen LogP contribution in [-0.2, 0) is 9.53 Å². The molecule has 0 bridgehead atoms. The summed E-state index contributed by atoms with van der Waals surface area (Å²) in [6.45, 7) is 5.34. The average molecular weight is 402 g/mol. The lowest BCUT2D eigenvalue weighted by Gasteiger charge is -2.14. The molecule has 0 aromatic heterocycles. The van der Waals surface area contributed by atoms with Gasteiger partial charge in [0.2, 0.25) is 0 Å². The monoisotopic (exact) mass is 401 g/mol. The minimum absolute atomic E-state index is 0.265. The van der Waals surface area contributed by atoms with Gasteiger partial charge in [-0.2, -0.15) is 0 Å². The van der Waals surface area contributed by atoms with Crippen LogP contribution in [0.15, 0.2) is 48.5 Å². The van der Waals surface area contributed by atoms with Gasteiger partial charge in [-0.15, -0.1) is 0 Å². The first kappa shape index (κ1) is 21.6. The van der Waals surface area contributed by atoms with Crippen molar-refractivity contribution in [3.8, 4) is 0 Å². The maximum absolute atomic E-state index is 12.2. The Hall–Kier alpha value is -2.66. The van der Waals surface area contributed by atoms with E-state index in [4.69, 9.17) is 16.3 Å². The van der Waals surface area contributed by atoms with Crippen LogP contribution in [0.3, 0.4) is 0 Å². The Morgan fingerprint density at radius 3 is 2.29 bits per heavy atom. The Balaban J connectivity index is 1.87. The highest BCUT2D eigenvalue weighted by Crippen LogP contribution is 2.19. The molecule has 0 radical (unpaired) electrons. The molecule has 0 saturated heterocycles. The summed E-state index contributed by atoms with van der Waals surface area (Å²) in [6, 6.07) is 12.9. The highest BCUT2D eigenvalue weighted by Gasteiger charge is 2.20. The van der Waals surface area contributed by atoms with E-state index in [1.165, 1.54) is 6.92 Å². The zero-order valence-corrected chi connectivity index (χ0v) is 17.0. The number of ether oxygens (including phenoxy) is 1. The Morgan fingerprint density at radius 2 is 1.68 bits per heavy atom. The third-order valence-corrected chi connectivity index (χ3v) is 4.91. The molecule has 2 aromatic carbocycles. The number of carbonyl (C=O) groups excluding carboxylic acids is 3. The molecular formula is C22H24ClNO4. The van der Waals surface area contributed by atoms with Crippen LogP contribution < -0.4 is 5.32 Å². The second-order valence-electron chi connectivity index (χ2n) is 6.64. The number of benzene rings is 2. The molecule has 5 nitrogen and oxygen atoms in total. The fourth-order valence-corrected chi connectivity index (χ4v) is 2.78. The van der Waals surface area contributed by atoms with Gasteiger partial charge in [-0.1, -0.05) is 61.8 Å². The Kier molecular flexibility index (Phi) is 7.76. The molecule has 2 atom stereocenters. The number of Topliss-reactive ketones (excluding diaryl/α,β-unsaturated/α-hetero) is 1. The van der Waals surface area contributed by atoms with Crippen LogP contribution in [0.5, 0.6) is 0 Å². The predicted octanol–water partition coefficient (Wildman–Crippen LogP) is 4.40. The van der Waals surface area contributed by atoms with Gasteiger partial charge in [-0.25, -0.2) is 4.79 Å². The molecule has 1 amide bonds. The third-order valence-electron chi connectivity index (χ3n) is 4.58. The minimum atomic E-state index is -0.913. The van der Waals surface area contributed by atoms with Gasteiger partial charge in [0.1, 0.15) is 6.04 Å². The van der Waals surface area contributed by atoms with Gasteiger partial charge in [0.25, 0.3) is 5.91 Å². The van der Waals surface area contributed by atoms with Gasteiger partial charge in [0, 0.05) is 5.56 Å². The van der Waals surface area contributed by atoms with Crippen molar-refractivity contribution in [3.63, 3.8) is 0 Å². The normalized spacial score (nSPS) is 12.7. The molecule has 2 rings (SSSR count). The Morgan fingerprint density at radius 1 is 1.04 bits per heavy atom. The van der Waals surface area contributed by atoms with Gasteiger partial charge < -0.3 is 10.1 Å². The standard InChI is InChI=1S/C22H24ClNO4/c1-4-14(2)16-9-11-17(12-10-16)20(25)13-28-22(27)15(3)24-21(26)18-7-5-6-8-19(18)23/h5-12,14-15H,4,13H2,1-3H3,(H,24,26)/t14-,15+/m1/s1. The van der Waals surface area contributed by atoms with E-state index in [-0.39, 0.29) is 23.0 Å². The van der Waals surface area contributed by atoms with E-state index in [0.717, 1.165) is 12.0 Å². The zero-order valence-electron chi connectivity index (χ0n) is 16.2. The molecule has 28 heavy (non-hydrogen) atoms. The number of halogens is 1. The molecule has 0 spiro atoms. The fourth-order valence-electron chi connectivity index (χ4n) is 2.56. The maximum atomic E-state index is 12.2. The van der Waals surface area contributed by atoms with Crippen LogP contribution in [0.25, 0.3) is 0 Å². The molecule has 0 heterocycles. The first-order chi connectivity index (χ1) is 13.3. The van der Waals surface area contributed by atoms with Gasteiger partial charge in [0.15, 0.2) is 12.4 Å². The van der Waals surface area contributed by atoms with Crippen LogP contribution in [0.1, 0.15) is 59.4 Å². The van der Waals surface area contributed by atoms with Crippen molar-refractivity contribution in [2.45, 2.75) is 39.2 Å². The van der Waals surface area contributed by atoms with E-state index in [2.05, 4.69) is 19.2 Å². The lowest BCUT2D eigenvalue weighted by Crippen LogP contribution is -2.40. The second kappa shape index (κ2) is 10.0. The summed E-state index contributed by atoms with van der Waals surface area (Å²) in [5.74, 6) is -1.05. The van der Waals surface area contributed by atoms with E-state index < -0.39 is 17.9 Å². The summed E-state index contributed by atoms with van der Waals surface area (Å²) in [7, 11) is 0. The van der Waals surface area contributed by atoms with Gasteiger partial charge in [-0.05, 0) is 37.0 Å². The summed E-state index contributed by atoms with van der Waals surface area (Å²) in [5.41, 5.74) is 1.90. The molecule has 2 aromatic rings. The summed E-state index contributed by atoms with van der Waals surface area (Å²) >= 11 is 5.97. The van der Waals surface area contributed by atoms with Crippen molar-refractivity contribution in [2.75, 3.05) is 6.61 Å². The average Bonchev–Trinajstić information content (AvgIpc) is 2.71. The number of carbonyl (C=O) groups is 3. The van der Waals surface area contributed by atoms with Crippen LogP contribution in [0.4, 0.5) is 0 Å². The number of hydrogen-bond donors (Lipinski definition) is 1.